The lowest BCUT2D eigenvalue weighted by molar-refractivity contribution is -0.139. The maximum atomic E-state index is 13.7. The third kappa shape index (κ3) is 5.18. The zero-order valence-electron chi connectivity index (χ0n) is 20.5. The van der Waals surface area contributed by atoms with Gasteiger partial charge in [0.25, 0.3) is 5.56 Å². The van der Waals surface area contributed by atoms with Gasteiger partial charge in [0.05, 0.1) is 35.1 Å². The largest absolute Gasteiger partial charge is 0.494 e. The molecule has 0 saturated heterocycles. The molecule has 0 amide bonds. The fraction of sp³-hybridized carbons (Fsp3) is 0.250. The van der Waals surface area contributed by atoms with Gasteiger partial charge in [0.1, 0.15) is 18.1 Å². The van der Waals surface area contributed by atoms with Gasteiger partial charge in [-0.25, -0.2) is 9.79 Å². The van der Waals surface area contributed by atoms with Gasteiger partial charge in [-0.2, -0.15) is 0 Å². The Balaban J connectivity index is 1.82. The van der Waals surface area contributed by atoms with Crippen LogP contribution in [0.15, 0.2) is 82.2 Å². The number of aromatic nitrogens is 1. The minimum Gasteiger partial charge on any atom is -0.494 e. The first-order valence-corrected chi connectivity index (χ1v) is 12.5. The maximum Gasteiger partial charge on any atom is 0.338 e. The minimum absolute atomic E-state index is 0.223. The van der Waals surface area contributed by atoms with E-state index in [1.807, 2.05) is 61.5 Å². The van der Waals surface area contributed by atoms with Gasteiger partial charge in [-0.3, -0.25) is 9.36 Å². The molecule has 1 aliphatic heterocycles. The van der Waals surface area contributed by atoms with Crippen LogP contribution in [0, 0.1) is 0 Å². The molecule has 0 fully saturated rings. The van der Waals surface area contributed by atoms with Crippen LogP contribution >= 0.6 is 11.3 Å². The summed E-state index contributed by atoms with van der Waals surface area (Å²) in [5.41, 5.74) is 2.28. The molecule has 2 heterocycles. The van der Waals surface area contributed by atoms with E-state index in [-0.39, 0.29) is 12.2 Å². The molecule has 0 unspecified atom stereocenters. The Morgan fingerprint density at radius 1 is 1.06 bits per heavy atom. The molecule has 2 aromatic carbocycles. The van der Waals surface area contributed by atoms with Crippen molar-refractivity contribution in [1.82, 2.24) is 4.57 Å². The van der Waals surface area contributed by atoms with Crippen LogP contribution in [0.4, 0.5) is 0 Å². The van der Waals surface area contributed by atoms with Gasteiger partial charge >= 0.3 is 5.97 Å². The van der Waals surface area contributed by atoms with Gasteiger partial charge in [-0.05, 0) is 62.2 Å². The van der Waals surface area contributed by atoms with Gasteiger partial charge in [-0.15, -0.1) is 0 Å². The molecule has 8 heteroatoms. The van der Waals surface area contributed by atoms with Crippen molar-refractivity contribution in [2.75, 3.05) is 19.8 Å². The summed E-state index contributed by atoms with van der Waals surface area (Å²) in [4.78, 5) is 31.8. The predicted molar refractivity (Wildman–Crippen MR) is 140 cm³/mol. The Morgan fingerprint density at radius 2 is 1.72 bits per heavy atom. The highest BCUT2D eigenvalue weighted by Crippen LogP contribution is 2.31. The van der Waals surface area contributed by atoms with E-state index >= 15 is 0 Å². The van der Waals surface area contributed by atoms with Gasteiger partial charge in [0.15, 0.2) is 4.80 Å². The fourth-order valence-electron chi connectivity index (χ4n) is 3.99. The molecule has 0 N–H and O–H groups in total. The molecule has 0 bridgehead atoms. The summed E-state index contributed by atoms with van der Waals surface area (Å²) in [6, 6.07) is 14.2. The first-order valence-electron chi connectivity index (χ1n) is 11.7. The van der Waals surface area contributed by atoms with E-state index in [0.717, 1.165) is 16.9 Å². The number of carbonyl (C=O) groups is 1. The van der Waals surface area contributed by atoms with E-state index < -0.39 is 12.0 Å². The van der Waals surface area contributed by atoms with Crippen LogP contribution in [0.5, 0.6) is 11.5 Å². The van der Waals surface area contributed by atoms with E-state index in [1.54, 1.807) is 24.5 Å². The average Bonchev–Trinajstić information content (AvgIpc) is 3.17. The zero-order valence-corrected chi connectivity index (χ0v) is 21.3. The molecule has 0 saturated carbocycles. The monoisotopic (exact) mass is 504 g/mol. The van der Waals surface area contributed by atoms with Crippen LogP contribution in [0.3, 0.4) is 0 Å². The number of rotatable bonds is 9. The highest BCUT2D eigenvalue weighted by atomic mass is 32.1. The summed E-state index contributed by atoms with van der Waals surface area (Å²) in [5, 5.41) is 0. The van der Waals surface area contributed by atoms with Crippen molar-refractivity contribution in [3.63, 3.8) is 0 Å². The zero-order chi connectivity index (χ0) is 25.7. The second-order valence-corrected chi connectivity index (χ2v) is 8.98. The number of benzene rings is 2. The molecule has 4 rings (SSSR count). The molecule has 186 valence electrons. The normalized spacial score (nSPS) is 15.2. The third-order valence-electron chi connectivity index (χ3n) is 5.57. The summed E-state index contributed by atoms with van der Waals surface area (Å²) in [6.45, 7) is 10.3. The number of fused-ring (bicyclic) bond motifs is 1. The highest BCUT2D eigenvalue weighted by Gasteiger charge is 2.33. The van der Waals surface area contributed by atoms with Crippen LogP contribution in [0.2, 0.25) is 0 Å². The van der Waals surface area contributed by atoms with Crippen LogP contribution < -0.4 is 24.4 Å². The van der Waals surface area contributed by atoms with Crippen LogP contribution in [0.1, 0.15) is 37.9 Å². The summed E-state index contributed by atoms with van der Waals surface area (Å²) < 4.78 is 18.5. The Kier molecular flexibility index (Phi) is 7.85. The minimum atomic E-state index is -0.659. The molecule has 0 radical (unpaired) electrons. The van der Waals surface area contributed by atoms with Gasteiger partial charge in [0, 0.05) is 0 Å². The lowest BCUT2D eigenvalue weighted by Crippen LogP contribution is -2.39. The quantitative estimate of drug-likeness (QED) is 0.328. The first-order chi connectivity index (χ1) is 17.5. The number of nitrogens with zero attached hydrogens (tertiary/aromatic N) is 2. The summed E-state index contributed by atoms with van der Waals surface area (Å²) in [5.74, 6) is 0.952. The predicted octanol–water partition coefficient (Wildman–Crippen LogP) is 3.76. The topological polar surface area (TPSA) is 79.1 Å². The standard InChI is InChI=1S/C28H28N2O5S/c1-5-16-35-22-12-8-19(9-13-22)17-23-26(31)30-25(20-10-14-21(15-11-20)33-6-2)24(27(32)34-7-3)18(4)29-28(30)36-23/h5,8-15,17,25H,1,6-7,16H2,2-4H3/b23-17-/t25-/m0/s1. The van der Waals surface area contributed by atoms with E-state index in [9.17, 15) is 9.59 Å². The Hall–Kier alpha value is -3.91. The molecule has 0 spiro atoms. The Bertz CT molecular complexity index is 1460. The maximum absolute atomic E-state index is 13.7. The van der Waals surface area contributed by atoms with Gasteiger partial charge in [-0.1, -0.05) is 48.3 Å². The molecule has 36 heavy (non-hydrogen) atoms. The average molecular weight is 505 g/mol. The van der Waals surface area contributed by atoms with Crippen molar-refractivity contribution in [3.8, 4) is 11.5 Å². The fourth-order valence-corrected chi connectivity index (χ4v) is 5.03. The lowest BCUT2D eigenvalue weighted by atomic mass is 9.96. The number of ether oxygens (including phenoxy) is 3. The van der Waals surface area contributed by atoms with E-state index in [4.69, 9.17) is 14.2 Å². The molecule has 3 aromatic rings. The number of hydrogen-bond donors (Lipinski definition) is 0. The first kappa shape index (κ1) is 25.2. The smallest absolute Gasteiger partial charge is 0.338 e. The van der Waals surface area contributed by atoms with Crippen molar-refractivity contribution in [2.24, 2.45) is 4.99 Å². The Labute approximate surface area is 213 Å². The van der Waals surface area contributed by atoms with E-state index in [0.29, 0.717) is 39.6 Å². The van der Waals surface area contributed by atoms with Crippen molar-refractivity contribution in [1.29, 1.82) is 0 Å². The second kappa shape index (κ2) is 11.2. The molecule has 1 aliphatic rings. The van der Waals surface area contributed by atoms with Crippen LogP contribution in [-0.2, 0) is 9.53 Å². The summed E-state index contributed by atoms with van der Waals surface area (Å²) in [6.07, 6.45) is 3.50. The third-order valence-corrected chi connectivity index (χ3v) is 6.55. The molecule has 7 nitrogen and oxygen atoms in total. The Morgan fingerprint density at radius 3 is 2.36 bits per heavy atom. The van der Waals surface area contributed by atoms with Crippen molar-refractivity contribution >= 4 is 23.4 Å². The van der Waals surface area contributed by atoms with Crippen LogP contribution in [-0.4, -0.2) is 30.4 Å². The van der Waals surface area contributed by atoms with E-state index in [1.165, 1.54) is 11.3 Å². The number of thiazole rings is 1. The summed E-state index contributed by atoms with van der Waals surface area (Å²) in [7, 11) is 0. The molecular formula is C28H28N2O5S. The highest BCUT2D eigenvalue weighted by molar-refractivity contribution is 7.07. The van der Waals surface area contributed by atoms with Crippen molar-refractivity contribution in [2.45, 2.75) is 26.8 Å². The van der Waals surface area contributed by atoms with Gasteiger partial charge in [0.2, 0.25) is 0 Å². The number of allylic oxidation sites excluding steroid dienone is 1. The second-order valence-electron chi connectivity index (χ2n) is 7.97. The molecule has 0 aliphatic carbocycles. The molecule has 1 aromatic heterocycles. The molecular weight excluding hydrogens is 476 g/mol. The number of esters is 1. The lowest BCUT2D eigenvalue weighted by Gasteiger charge is -2.24. The van der Waals surface area contributed by atoms with Crippen molar-refractivity contribution in [3.05, 3.63) is 103 Å². The van der Waals surface area contributed by atoms with Gasteiger partial charge < -0.3 is 14.2 Å². The van der Waals surface area contributed by atoms with Crippen molar-refractivity contribution < 1.29 is 19.0 Å². The van der Waals surface area contributed by atoms with Crippen LogP contribution in [0.25, 0.3) is 6.08 Å². The number of carbonyl (C=O) groups excluding carboxylic acids is 1. The summed E-state index contributed by atoms with van der Waals surface area (Å²) >= 11 is 1.29. The van der Waals surface area contributed by atoms with E-state index in [2.05, 4.69) is 11.6 Å². The molecule has 1 atom stereocenters. The SMILES string of the molecule is C=CCOc1ccc(/C=c2\sc3n(c2=O)[C@@H](c2ccc(OCC)cc2)C(C(=O)OCC)=C(C)N=3)cc1. The number of hydrogen-bond acceptors (Lipinski definition) is 7.